The van der Waals surface area contributed by atoms with Gasteiger partial charge >= 0.3 is 0 Å². The van der Waals surface area contributed by atoms with Gasteiger partial charge in [-0.3, -0.25) is 14.3 Å². The average Bonchev–Trinajstić information content (AvgIpc) is 2.95. The zero-order valence-electron chi connectivity index (χ0n) is 15.0. The number of aryl methyl sites for hydroxylation is 1. The summed E-state index contributed by atoms with van der Waals surface area (Å²) >= 11 is 5.93. The number of primary amides is 1. The Bertz CT molecular complexity index is 788. The molecule has 0 saturated carbocycles. The van der Waals surface area contributed by atoms with Crippen LogP contribution >= 0.6 is 11.6 Å². The lowest BCUT2D eigenvalue weighted by Crippen LogP contribution is -2.49. The smallest absolute Gasteiger partial charge is 0.263 e. The van der Waals surface area contributed by atoms with Gasteiger partial charge in [0.15, 0.2) is 5.60 Å². The summed E-state index contributed by atoms with van der Waals surface area (Å²) in [6, 6.07) is 6.81. The van der Waals surface area contributed by atoms with Crippen LogP contribution in [0, 0.1) is 5.92 Å². The molecule has 7 nitrogen and oxygen atoms in total. The molecule has 140 valence electrons. The van der Waals surface area contributed by atoms with Gasteiger partial charge in [0.2, 0.25) is 5.91 Å². The first-order valence-electron chi connectivity index (χ1n) is 8.17. The monoisotopic (exact) mass is 378 g/mol. The van der Waals surface area contributed by atoms with Gasteiger partial charge in [-0.25, -0.2) is 0 Å². The second-order valence-corrected chi connectivity index (χ2v) is 7.04. The standard InChI is InChI=1S/C18H23ClN4O3/c1-18(2,26-15-6-4-5-14(19)8-15)17(25)21-10-13(16(20)24)7-12-9-22-23(3)11-12/h4-6,8-9,11,13H,7,10H2,1-3H3,(H2,20,24)(H,21,25)/t13-/m1/s1. The Balaban J connectivity index is 1.96. The van der Waals surface area contributed by atoms with Gasteiger partial charge in [-0.15, -0.1) is 0 Å². The average molecular weight is 379 g/mol. The number of benzene rings is 1. The van der Waals surface area contributed by atoms with Crippen LogP contribution in [0.2, 0.25) is 5.02 Å². The third-order valence-electron chi connectivity index (χ3n) is 3.87. The van der Waals surface area contributed by atoms with Crippen LogP contribution in [0.3, 0.4) is 0 Å². The molecule has 0 aliphatic rings. The van der Waals surface area contributed by atoms with Crippen molar-refractivity contribution < 1.29 is 14.3 Å². The SMILES string of the molecule is Cn1cc(C[C@H](CNC(=O)C(C)(C)Oc2cccc(Cl)c2)C(N)=O)cn1. The van der Waals surface area contributed by atoms with E-state index in [9.17, 15) is 9.59 Å². The molecule has 1 aromatic heterocycles. The number of hydrogen-bond donors (Lipinski definition) is 2. The van der Waals surface area contributed by atoms with Crippen molar-refractivity contribution in [2.24, 2.45) is 18.7 Å². The van der Waals surface area contributed by atoms with Crippen LogP contribution in [-0.2, 0) is 23.1 Å². The van der Waals surface area contributed by atoms with E-state index in [-0.39, 0.29) is 12.5 Å². The molecule has 0 aliphatic carbocycles. The molecule has 2 amide bonds. The first kappa shape index (κ1) is 19.8. The highest BCUT2D eigenvalue weighted by atomic mass is 35.5. The van der Waals surface area contributed by atoms with Gasteiger partial charge in [0, 0.05) is 24.8 Å². The third-order valence-corrected chi connectivity index (χ3v) is 4.10. The summed E-state index contributed by atoms with van der Waals surface area (Å²) < 4.78 is 7.38. The number of rotatable bonds is 8. The highest BCUT2D eigenvalue weighted by Gasteiger charge is 2.31. The van der Waals surface area contributed by atoms with Crippen molar-refractivity contribution >= 4 is 23.4 Å². The predicted octanol–water partition coefficient (Wildman–Crippen LogP) is 1.69. The lowest BCUT2D eigenvalue weighted by Gasteiger charge is -2.26. The quantitative estimate of drug-likeness (QED) is 0.730. The van der Waals surface area contributed by atoms with Crippen LogP contribution in [-0.4, -0.2) is 33.7 Å². The number of hydrogen-bond acceptors (Lipinski definition) is 4. The molecular formula is C18H23ClN4O3. The fourth-order valence-corrected chi connectivity index (χ4v) is 2.62. The second kappa shape index (κ2) is 8.23. The van der Waals surface area contributed by atoms with E-state index in [1.54, 1.807) is 56.0 Å². The molecular weight excluding hydrogens is 356 g/mol. The first-order valence-corrected chi connectivity index (χ1v) is 8.55. The minimum atomic E-state index is -1.14. The van der Waals surface area contributed by atoms with Crippen molar-refractivity contribution in [1.29, 1.82) is 0 Å². The van der Waals surface area contributed by atoms with Crippen LogP contribution in [0.25, 0.3) is 0 Å². The van der Waals surface area contributed by atoms with Crippen molar-refractivity contribution in [3.63, 3.8) is 0 Å². The van der Waals surface area contributed by atoms with E-state index in [2.05, 4.69) is 10.4 Å². The lowest BCUT2D eigenvalue weighted by atomic mass is 10.00. The highest BCUT2D eigenvalue weighted by Crippen LogP contribution is 2.22. The number of halogens is 1. The van der Waals surface area contributed by atoms with E-state index in [1.165, 1.54) is 0 Å². The van der Waals surface area contributed by atoms with Crippen LogP contribution in [0.5, 0.6) is 5.75 Å². The van der Waals surface area contributed by atoms with Crippen molar-refractivity contribution in [3.05, 3.63) is 47.2 Å². The van der Waals surface area contributed by atoms with Gasteiger partial charge in [-0.1, -0.05) is 17.7 Å². The van der Waals surface area contributed by atoms with E-state index in [0.29, 0.717) is 17.2 Å². The van der Waals surface area contributed by atoms with Gasteiger partial charge in [-0.05, 0) is 44.0 Å². The summed E-state index contributed by atoms with van der Waals surface area (Å²) in [5, 5.41) is 7.32. The third kappa shape index (κ3) is 5.49. The van der Waals surface area contributed by atoms with Gasteiger partial charge in [0.1, 0.15) is 5.75 Å². The topological polar surface area (TPSA) is 99.2 Å². The van der Waals surface area contributed by atoms with Gasteiger partial charge < -0.3 is 15.8 Å². The van der Waals surface area contributed by atoms with Crippen molar-refractivity contribution in [2.75, 3.05) is 6.54 Å². The minimum absolute atomic E-state index is 0.116. The number of ether oxygens (including phenoxy) is 1. The first-order chi connectivity index (χ1) is 12.2. The Labute approximate surface area is 157 Å². The second-order valence-electron chi connectivity index (χ2n) is 6.61. The molecule has 0 spiro atoms. The normalized spacial score (nSPS) is 12.5. The summed E-state index contributed by atoms with van der Waals surface area (Å²) in [4.78, 5) is 24.2. The number of nitrogens with two attached hydrogens (primary N) is 1. The van der Waals surface area contributed by atoms with E-state index in [4.69, 9.17) is 22.1 Å². The minimum Gasteiger partial charge on any atom is -0.478 e. The molecule has 0 fully saturated rings. The van der Waals surface area contributed by atoms with E-state index < -0.39 is 17.4 Å². The molecule has 2 aromatic rings. The molecule has 1 atom stereocenters. The molecule has 26 heavy (non-hydrogen) atoms. The lowest BCUT2D eigenvalue weighted by molar-refractivity contribution is -0.134. The van der Waals surface area contributed by atoms with E-state index in [0.717, 1.165) is 5.56 Å². The largest absolute Gasteiger partial charge is 0.478 e. The van der Waals surface area contributed by atoms with Crippen LogP contribution in [0.4, 0.5) is 0 Å². The maximum absolute atomic E-state index is 12.5. The molecule has 0 radical (unpaired) electrons. The number of carbonyl (C=O) groups is 2. The Kier molecular flexibility index (Phi) is 6.26. The highest BCUT2D eigenvalue weighted by molar-refractivity contribution is 6.30. The molecule has 0 unspecified atom stereocenters. The molecule has 0 aliphatic heterocycles. The number of nitrogens with zero attached hydrogens (tertiary/aromatic N) is 2. The summed E-state index contributed by atoms with van der Waals surface area (Å²) in [7, 11) is 1.79. The summed E-state index contributed by atoms with van der Waals surface area (Å²) in [5.74, 6) is -0.887. The molecule has 1 heterocycles. The Morgan fingerprint density at radius 3 is 2.73 bits per heavy atom. The number of nitrogens with one attached hydrogen (secondary N) is 1. The fraction of sp³-hybridized carbons (Fsp3) is 0.389. The van der Waals surface area contributed by atoms with Gasteiger partial charge in [0.25, 0.3) is 5.91 Å². The van der Waals surface area contributed by atoms with E-state index in [1.807, 2.05) is 6.20 Å². The number of carbonyl (C=O) groups excluding carboxylic acids is 2. The number of amides is 2. The fourth-order valence-electron chi connectivity index (χ4n) is 2.44. The molecule has 0 bridgehead atoms. The van der Waals surface area contributed by atoms with Crippen molar-refractivity contribution in [2.45, 2.75) is 25.9 Å². The van der Waals surface area contributed by atoms with Crippen LogP contribution < -0.4 is 15.8 Å². The Hall–Kier alpha value is -2.54. The molecule has 3 N–H and O–H groups in total. The van der Waals surface area contributed by atoms with Crippen LogP contribution in [0.15, 0.2) is 36.7 Å². The maximum atomic E-state index is 12.5. The van der Waals surface area contributed by atoms with Crippen molar-refractivity contribution in [1.82, 2.24) is 15.1 Å². The Morgan fingerprint density at radius 1 is 1.42 bits per heavy atom. The Morgan fingerprint density at radius 2 is 2.15 bits per heavy atom. The summed E-state index contributed by atoms with van der Waals surface area (Å²) in [5.41, 5.74) is 5.20. The molecule has 1 aromatic carbocycles. The zero-order chi connectivity index (χ0) is 19.3. The maximum Gasteiger partial charge on any atom is 0.263 e. The molecule has 0 saturated heterocycles. The molecule has 2 rings (SSSR count). The van der Waals surface area contributed by atoms with Crippen molar-refractivity contribution in [3.8, 4) is 5.75 Å². The molecule has 8 heteroatoms. The predicted molar refractivity (Wildman–Crippen MR) is 98.8 cm³/mol. The van der Waals surface area contributed by atoms with Gasteiger partial charge in [0.05, 0.1) is 12.1 Å². The number of aromatic nitrogens is 2. The zero-order valence-corrected chi connectivity index (χ0v) is 15.8. The van der Waals surface area contributed by atoms with Crippen LogP contribution in [0.1, 0.15) is 19.4 Å². The van der Waals surface area contributed by atoms with Gasteiger partial charge in [-0.2, -0.15) is 5.10 Å². The summed E-state index contributed by atoms with van der Waals surface area (Å²) in [6.07, 6.45) is 3.88. The summed E-state index contributed by atoms with van der Waals surface area (Å²) in [6.45, 7) is 3.40. The van der Waals surface area contributed by atoms with E-state index >= 15 is 0 Å².